The molecule has 24 heavy (non-hydrogen) atoms. The summed E-state index contributed by atoms with van der Waals surface area (Å²) < 4.78 is 7.45. The van der Waals surface area contributed by atoms with Crippen molar-refractivity contribution in [3.8, 4) is 5.75 Å². The Morgan fingerprint density at radius 3 is 2.79 bits per heavy atom. The first-order chi connectivity index (χ1) is 11.6. The van der Waals surface area contributed by atoms with Crippen LogP contribution in [0.1, 0.15) is 12.7 Å². The van der Waals surface area contributed by atoms with Crippen molar-refractivity contribution in [3.05, 3.63) is 54.6 Å². The van der Waals surface area contributed by atoms with Crippen molar-refractivity contribution in [1.29, 1.82) is 0 Å². The average Bonchev–Trinajstić information content (AvgIpc) is 2.99. The Morgan fingerprint density at radius 1 is 1.25 bits per heavy atom. The number of carbonyl (C=O) groups excluding carboxylic acids is 1. The summed E-state index contributed by atoms with van der Waals surface area (Å²) in [5, 5.41) is 9.09. The summed E-state index contributed by atoms with van der Waals surface area (Å²) in [4.78, 5) is 16.3. The molecule has 0 saturated heterocycles. The normalized spacial score (nSPS) is 12.1. The van der Waals surface area contributed by atoms with Crippen LogP contribution < -0.4 is 10.1 Å². The lowest BCUT2D eigenvalue weighted by molar-refractivity contribution is -0.127. The number of hydrogen-bond donors (Lipinski definition) is 1. The first-order valence-corrected chi connectivity index (χ1v) is 7.89. The third-order valence-corrected chi connectivity index (χ3v) is 3.86. The summed E-state index contributed by atoms with van der Waals surface area (Å²) in [5.41, 5.74) is 0. The van der Waals surface area contributed by atoms with Gasteiger partial charge in [-0.15, -0.1) is 0 Å². The zero-order chi connectivity index (χ0) is 16.9. The molecule has 0 unspecified atom stereocenters. The predicted molar refractivity (Wildman–Crippen MR) is 91.8 cm³/mol. The topological polar surface area (TPSA) is 69.0 Å². The van der Waals surface area contributed by atoms with Crippen LogP contribution in [0.2, 0.25) is 0 Å². The highest BCUT2D eigenvalue weighted by molar-refractivity contribution is 5.84. The molecule has 0 aliphatic rings. The van der Waals surface area contributed by atoms with Gasteiger partial charge in [-0.1, -0.05) is 30.3 Å². The standard InChI is InChI=1S/C18H20N4O2/c1-13(18(23)19-10-9-17-20-12-21-22(17)2)24-16-8-7-14-5-3-4-6-15(14)11-16/h3-8,11-13H,9-10H2,1-2H3,(H,19,23)/t13-/m0/s1. The molecule has 0 fully saturated rings. The summed E-state index contributed by atoms with van der Waals surface area (Å²) in [5.74, 6) is 1.37. The number of nitrogens with one attached hydrogen (secondary N) is 1. The Labute approximate surface area is 140 Å². The van der Waals surface area contributed by atoms with Crippen molar-refractivity contribution in [2.24, 2.45) is 7.05 Å². The Kier molecular flexibility index (Phi) is 4.74. The maximum absolute atomic E-state index is 12.1. The predicted octanol–water partition coefficient (Wildman–Crippen LogP) is 2.09. The van der Waals surface area contributed by atoms with Gasteiger partial charge in [0.1, 0.15) is 17.9 Å². The monoisotopic (exact) mass is 324 g/mol. The molecule has 1 aromatic heterocycles. The molecule has 0 saturated carbocycles. The molecule has 0 radical (unpaired) electrons. The highest BCUT2D eigenvalue weighted by atomic mass is 16.5. The molecule has 6 heteroatoms. The van der Waals surface area contributed by atoms with Crippen LogP contribution in [0.4, 0.5) is 0 Å². The summed E-state index contributed by atoms with van der Waals surface area (Å²) in [6.45, 7) is 2.24. The van der Waals surface area contributed by atoms with Crippen LogP contribution in [0, 0.1) is 0 Å². The van der Waals surface area contributed by atoms with Gasteiger partial charge in [-0.2, -0.15) is 5.10 Å². The van der Waals surface area contributed by atoms with Gasteiger partial charge in [0, 0.05) is 20.0 Å². The smallest absolute Gasteiger partial charge is 0.260 e. The number of aryl methyl sites for hydroxylation is 1. The van der Waals surface area contributed by atoms with E-state index in [1.165, 1.54) is 6.33 Å². The minimum Gasteiger partial charge on any atom is -0.481 e. The Bertz CT molecular complexity index is 844. The summed E-state index contributed by atoms with van der Waals surface area (Å²) in [6.07, 6.45) is 1.57. The van der Waals surface area contributed by atoms with Gasteiger partial charge >= 0.3 is 0 Å². The third-order valence-electron chi connectivity index (χ3n) is 3.86. The van der Waals surface area contributed by atoms with E-state index >= 15 is 0 Å². The number of benzene rings is 2. The van der Waals surface area contributed by atoms with E-state index in [9.17, 15) is 4.79 Å². The third kappa shape index (κ3) is 3.71. The van der Waals surface area contributed by atoms with Gasteiger partial charge in [-0.05, 0) is 29.8 Å². The largest absolute Gasteiger partial charge is 0.481 e. The van der Waals surface area contributed by atoms with Crippen LogP contribution in [0.5, 0.6) is 5.75 Å². The molecule has 1 heterocycles. The highest BCUT2D eigenvalue weighted by Crippen LogP contribution is 2.21. The van der Waals surface area contributed by atoms with Gasteiger partial charge in [-0.25, -0.2) is 4.98 Å². The lowest BCUT2D eigenvalue weighted by Gasteiger charge is -2.15. The van der Waals surface area contributed by atoms with Crippen LogP contribution in [-0.2, 0) is 18.3 Å². The van der Waals surface area contributed by atoms with E-state index in [1.807, 2.05) is 49.5 Å². The van der Waals surface area contributed by atoms with Crippen LogP contribution in [-0.4, -0.2) is 33.3 Å². The molecule has 1 N–H and O–H groups in total. The molecule has 0 bridgehead atoms. The van der Waals surface area contributed by atoms with Gasteiger partial charge < -0.3 is 10.1 Å². The lowest BCUT2D eigenvalue weighted by Crippen LogP contribution is -2.37. The molecule has 0 aliphatic carbocycles. The number of ether oxygens (including phenoxy) is 1. The SMILES string of the molecule is C[C@H](Oc1ccc2ccccc2c1)C(=O)NCCc1ncnn1C. The van der Waals surface area contributed by atoms with Crippen molar-refractivity contribution in [2.75, 3.05) is 6.54 Å². The molecule has 0 spiro atoms. The van der Waals surface area contributed by atoms with Crippen LogP contribution in [0.15, 0.2) is 48.8 Å². The van der Waals surface area contributed by atoms with Gasteiger partial charge in [0.25, 0.3) is 5.91 Å². The molecule has 1 amide bonds. The van der Waals surface area contributed by atoms with Crippen molar-refractivity contribution < 1.29 is 9.53 Å². The summed E-state index contributed by atoms with van der Waals surface area (Å²) in [7, 11) is 1.83. The highest BCUT2D eigenvalue weighted by Gasteiger charge is 2.14. The number of amides is 1. The fourth-order valence-corrected chi connectivity index (χ4v) is 2.49. The molecular formula is C18H20N4O2. The fourth-order valence-electron chi connectivity index (χ4n) is 2.49. The van der Waals surface area contributed by atoms with Crippen molar-refractivity contribution >= 4 is 16.7 Å². The van der Waals surface area contributed by atoms with E-state index in [-0.39, 0.29) is 5.91 Å². The van der Waals surface area contributed by atoms with E-state index in [0.29, 0.717) is 18.7 Å². The molecule has 2 aromatic carbocycles. The van der Waals surface area contributed by atoms with E-state index in [1.54, 1.807) is 11.6 Å². The molecular weight excluding hydrogens is 304 g/mol. The number of fused-ring (bicyclic) bond motifs is 1. The molecule has 0 aliphatic heterocycles. The molecule has 6 nitrogen and oxygen atoms in total. The first-order valence-electron chi connectivity index (χ1n) is 7.89. The Balaban J connectivity index is 1.54. The maximum atomic E-state index is 12.1. The van der Waals surface area contributed by atoms with Gasteiger partial charge in [-0.3, -0.25) is 9.48 Å². The molecule has 1 atom stereocenters. The van der Waals surface area contributed by atoms with Crippen molar-refractivity contribution in [3.63, 3.8) is 0 Å². The second-order valence-corrected chi connectivity index (χ2v) is 5.61. The van der Waals surface area contributed by atoms with E-state index in [0.717, 1.165) is 16.6 Å². The van der Waals surface area contributed by atoms with E-state index < -0.39 is 6.10 Å². The Morgan fingerprint density at radius 2 is 2.04 bits per heavy atom. The lowest BCUT2D eigenvalue weighted by atomic mass is 10.1. The molecule has 3 aromatic rings. The number of nitrogens with zero attached hydrogens (tertiary/aromatic N) is 3. The van der Waals surface area contributed by atoms with Crippen molar-refractivity contribution in [2.45, 2.75) is 19.4 Å². The van der Waals surface area contributed by atoms with Gasteiger partial charge in [0.2, 0.25) is 0 Å². The number of aromatic nitrogens is 3. The second kappa shape index (κ2) is 7.12. The number of rotatable bonds is 6. The molecule has 3 rings (SSSR count). The molecule has 124 valence electrons. The van der Waals surface area contributed by atoms with Crippen LogP contribution in [0.3, 0.4) is 0 Å². The number of hydrogen-bond acceptors (Lipinski definition) is 4. The zero-order valence-corrected chi connectivity index (χ0v) is 13.8. The zero-order valence-electron chi connectivity index (χ0n) is 13.8. The fraction of sp³-hybridized carbons (Fsp3) is 0.278. The Hall–Kier alpha value is -2.89. The summed E-state index contributed by atoms with van der Waals surface area (Å²) in [6, 6.07) is 13.9. The van der Waals surface area contributed by atoms with Gasteiger partial charge in [0.05, 0.1) is 0 Å². The minimum absolute atomic E-state index is 0.148. The van der Waals surface area contributed by atoms with Crippen molar-refractivity contribution in [1.82, 2.24) is 20.1 Å². The first kappa shape index (κ1) is 16.0. The number of carbonyl (C=O) groups is 1. The van der Waals surface area contributed by atoms with E-state index in [4.69, 9.17) is 4.74 Å². The quantitative estimate of drug-likeness (QED) is 0.754. The van der Waals surface area contributed by atoms with E-state index in [2.05, 4.69) is 15.4 Å². The van der Waals surface area contributed by atoms with Gasteiger partial charge in [0.15, 0.2) is 6.10 Å². The minimum atomic E-state index is -0.564. The van der Waals surface area contributed by atoms with Crippen LogP contribution in [0.25, 0.3) is 10.8 Å². The van der Waals surface area contributed by atoms with Crippen LogP contribution >= 0.6 is 0 Å². The average molecular weight is 324 g/mol. The summed E-state index contributed by atoms with van der Waals surface area (Å²) >= 11 is 0. The second-order valence-electron chi connectivity index (χ2n) is 5.61. The maximum Gasteiger partial charge on any atom is 0.260 e.